The Morgan fingerprint density at radius 1 is 0.909 bits per heavy atom. The lowest BCUT2D eigenvalue weighted by Crippen LogP contribution is -2.32. The predicted molar refractivity (Wildman–Crippen MR) is 49.5 cm³/mol. The van der Waals surface area contributed by atoms with Crippen molar-refractivity contribution < 1.29 is 0 Å². The van der Waals surface area contributed by atoms with Gasteiger partial charge >= 0.3 is 0 Å². The lowest BCUT2D eigenvalue weighted by atomic mass is 10.2. The first-order valence-corrected chi connectivity index (χ1v) is 4.52. The van der Waals surface area contributed by atoms with Crippen molar-refractivity contribution in [3.63, 3.8) is 0 Å². The third-order valence-corrected chi connectivity index (χ3v) is 1.53. The molecule has 0 fully saturated rings. The molecule has 0 radical (unpaired) electrons. The molecule has 0 amide bonds. The summed E-state index contributed by atoms with van der Waals surface area (Å²) in [6.45, 7) is 5.31. The maximum Gasteiger partial charge on any atom is 0.00997 e. The van der Waals surface area contributed by atoms with Crippen molar-refractivity contribution in [2.45, 2.75) is 26.2 Å². The van der Waals surface area contributed by atoms with Gasteiger partial charge in [-0.3, -0.25) is 10.9 Å². The Bertz CT molecular complexity index is 58.4. The first-order valence-electron chi connectivity index (χ1n) is 4.52. The first kappa shape index (κ1) is 10.9. The van der Waals surface area contributed by atoms with Crippen molar-refractivity contribution in [3.8, 4) is 0 Å². The van der Waals surface area contributed by atoms with Crippen molar-refractivity contribution >= 4 is 0 Å². The van der Waals surface area contributed by atoms with Gasteiger partial charge in [0.2, 0.25) is 0 Å². The van der Waals surface area contributed by atoms with E-state index in [2.05, 4.69) is 23.1 Å². The fourth-order valence-electron chi connectivity index (χ4n) is 0.905. The van der Waals surface area contributed by atoms with E-state index < -0.39 is 0 Å². The van der Waals surface area contributed by atoms with Gasteiger partial charge in [0.1, 0.15) is 0 Å². The van der Waals surface area contributed by atoms with Crippen molar-refractivity contribution in [2.75, 3.05) is 26.7 Å². The molecule has 0 aromatic rings. The molecular weight excluding hydrogens is 138 g/mol. The maximum absolute atomic E-state index is 3.14. The van der Waals surface area contributed by atoms with E-state index in [1.165, 1.54) is 19.3 Å². The first-order chi connectivity index (χ1) is 5.41. The fraction of sp³-hybridized carbons (Fsp3) is 1.00. The molecule has 0 aromatic carbocycles. The van der Waals surface area contributed by atoms with E-state index in [-0.39, 0.29) is 0 Å². The van der Waals surface area contributed by atoms with Gasteiger partial charge in [-0.05, 0) is 26.4 Å². The van der Waals surface area contributed by atoms with E-state index in [0.717, 1.165) is 19.6 Å². The summed E-state index contributed by atoms with van der Waals surface area (Å²) in [6.07, 6.45) is 3.85. The Kier molecular flexibility index (Phi) is 9.77. The van der Waals surface area contributed by atoms with Crippen molar-refractivity contribution in [3.05, 3.63) is 0 Å². The lowest BCUT2D eigenvalue weighted by Gasteiger charge is -2.03. The highest BCUT2D eigenvalue weighted by molar-refractivity contribution is 4.46. The van der Waals surface area contributed by atoms with Crippen LogP contribution in [0.4, 0.5) is 0 Å². The molecule has 0 aliphatic rings. The van der Waals surface area contributed by atoms with Crippen LogP contribution >= 0.6 is 0 Å². The van der Waals surface area contributed by atoms with E-state index in [1.807, 2.05) is 7.05 Å². The summed E-state index contributed by atoms with van der Waals surface area (Å²) in [7, 11) is 2.00. The Morgan fingerprint density at radius 3 is 2.27 bits per heavy atom. The van der Waals surface area contributed by atoms with Gasteiger partial charge in [0.25, 0.3) is 0 Å². The average molecular weight is 159 g/mol. The van der Waals surface area contributed by atoms with E-state index in [4.69, 9.17) is 0 Å². The molecule has 0 heterocycles. The molecule has 0 rings (SSSR count). The average Bonchev–Trinajstić information content (AvgIpc) is 2.03. The van der Waals surface area contributed by atoms with Crippen LogP contribution in [0.3, 0.4) is 0 Å². The van der Waals surface area contributed by atoms with Gasteiger partial charge in [-0.25, -0.2) is 0 Å². The summed E-state index contributed by atoms with van der Waals surface area (Å²) >= 11 is 0. The minimum atomic E-state index is 0.997. The van der Waals surface area contributed by atoms with Gasteiger partial charge in [0, 0.05) is 13.1 Å². The zero-order chi connectivity index (χ0) is 8.36. The van der Waals surface area contributed by atoms with Crippen LogP contribution in [0, 0.1) is 0 Å². The summed E-state index contributed by atoms with van der Waals surface area (Å²) < 4.78 is 0. The quantitative estimate of drug-likeness (QED) is 0.356. The standard InChI is InChI=1S/C8H21N3/c1-3-10-11-8-6-4-5-7-9-2/h9-11H,3-8H2,1-2H3. The van der Waals surface area contributed by atoms with Crippen LogP contribution in [0.1, 0.15) is 26.2 Å². The van der Waals surface area contributed by atoms with Gasteiger partial charge in [0.15, 0.2) is 0 Å². The molecule has 0 bridgehead atoms. The molecule has 0 aliphatic heterocycles. The van der Waals surface area contributed by atoms with Crippen LogP contribution in [0.5, 0.6) is 0 Å². The van der Waals surface area contributed by atoms with E-state index in [1.54, 1.807) is 0 Å². The van der Waals surface area contributed by atoms with Crippen molar-refractivity contribution in [1.82, 2.24) is 16.2 Å². The van der Waals surface area contributed by atoms with Crippen molar-refractivity contribution in [2.24, 2.45) is 0 Å². The van der Waals surface area contributed by atoms with Gasteiger partial charge in [-0.15, -0.1) is 0 Å². The minimum absolute atomic E-state index is 0.997. The molecule has 0 aromatic heterocycles. The minimum Gasteiger partial charge on any atom is -0.320 e. The number of hydrazine groups is 1. The summed E-state index contributed by atoms with van der Waals surface area (Å²) in [6, 6.07) is 0. The van der Waals surface area contributed by atoms with E-state index in [9.17, 15) is 0 Å². The van der Waals surface area contributed by atoms with Gasteiger partial charge in [-0.2, -0.15) is 0 Å². The van der Waals surface area contributed by atoms with Crippen molar-refractivity contribution in [1.29, 1.82) is 0 Å². The van der Waals surface area contributed by atoms with Gasteiger partial charge in [0.05, 0.1) is 0 Å². The molecule has 0 unspecified atom stereocenters. The van der Waals surface area contributed by atoms with Gasteiger partial charge < -0.3 is 5.32 Å². The number of nitrogens with one attached hydrogen (secondary N) is 3. The zero-order valence-corrected chi connectivity index (χ0v) is 7.74. The highest BCUT2D eigenvalue weighted by Crippen LogP contribution is 1.90. The summed E-state index contributed by atoms with van der Waals surface area (Å²) in [4.78, 5) is 0. The second kappa shape index (κ2) is 9.88. The summed E-state index contributed by atoms with van der Waals surface area (Å²) in [5.41, 5.74) is 6.22. The monoisotopic (exact) mass is 159 g/mol. The lowest BCUT2D eigenvalue weighted by molar-refractivity contribution is 0.518. The largest absolute Gasteiger partial charge is 0.320 e. The summed E-state index contributed by atoms with van der Waals surface area (Å²) in [5, 5.41) is 3.13. The molecule has 0 aliphatic carbocycles. The van der Waals surface area contributed by atoms with Crippen LogP contribution in [-0.4, -0.2) is 26.7 Å². The molecule has 0 atom stereocenters. The number of unbranched alkanes of at least 4 members (excludes halogenated alkanes) is 2. The van der Waals surface area contributed by atoms with E-state index in [0.29, 0.717) is 0 Å². The molecule has 0 spiro atoms. The highest BCUT2D eigenvalue weighted by atomic mass is 15.3. The smallest absolute Gasteiger partial charge is 0.00997 e. The predicted octanol–water partition coefficient (Wildman–Crippen LogP) is 0.490. The van der Waals surface area contributed by atoms with Crippen LogP contribution in [0.2, 0.25) is 0 Å². The SMILES string of the molecule is CCNNCCCCCNC. The van der Waals surface area contributed by atoms with Crippen LogP contribution < -0.4 is 16.2 Å². The molecule has 68 valence electrons. The van der Waals surface area contributed by atoms with Crippen LogP contribution in [0.15, 0.2) is 0 Å². The number of rotatable bonds is 8. The Balaban J connectivity index is 2.69. The second-order valence-electron chi connectivity index (χ2n) is 2.62. The number of hydrogen-bond donors (Lipinski definition) is 3. The fourth-order valence-corrected chi connectivity index (χ4v) is 0.905. The molecule has 3 nitrogen and oxygen atoms in total. The summed E-state index contributed by atoms with van der Waals surface area (Å²) in [5.74, 6) is 0. The molecule has 0 saturated heterocycles. The maximum atomic E-state index is 3.14. The molecule has 11 heavy (non-hydrogen) atoms. The second-order valence-corrected chi connectivity index (χ2v) is 2.62. The Hall–Kier alpha value is -0.120. The molecule has 3 N–H and O–H groups in total. The number of hydrogen-bond acceptors (Lipinski definition) is 3. The van der Waals surface area contributed by atoms with E-state index >= 15 is 0 Å². The topological polar surface area (TPSA) is 36.1 Å². The third kappa shape index (κ3) is 9.88. The van der Waals surface area contributed by atoms with Gasteiger partial charge in [-0.1, -0.05) is 13.3 Å². The zero-order valence-electron chi connectivity index (χ0n) is 7.74. The third-order valence-electron chi connectivity index (χ3n) is 1.53. The molecule has 3 heteroatoms. The van der Waals surface area contributed by atoms with Crippen LogP contribution in [-0.2, 0) is 0 Å². The Morgan fingerprint density at radius 2 is 1.64 bits per heavy atom. The molecule has 0 saturated carbocycles. The normalized spacial score (nSPS) is 10.4. The Labute approximate surface area is 69.9 Å². The van der Waals surface area contributed by atoms with Crippen LogP contribution in [0.25, 0.3) is 0 Å². The highest BCUT2D eigenvalue weighted by Gasteiger charge is 1.86. The molecular formula is C8H21N3.